The number of nitrogens with two attached hydrogens (primary N) is 1. The third-order valence-corrected chi connectivity index (χ3v) is 2.78. The first-order chi connectivity index (χ1) is 6.56. The summed E-state index contributed by atoms with van der Waals surface area (Å²) >= 11 is 0. The van der Waals surface area contributed by atoms with E-state index in [4.69, 9.17) is 12.2 Å². The van der Waals surface area contributed by atoms with Gasteiger partial charge in [0.15, 0.2) is 0 Å². The number of aromatic nitrogens is 1. The number of anilines is 1. The van der Waals surface area contributed by atoms with Crippen LogP contribution in [0.25, 0.3) is 0 Å². The Morgan fingerprint density at radius 2 is 2.29 bits per heavy atom. The maximum absolute atomic E-state index is 11.4. The molecular weight excluding hydrogens is 202 g/mol. The molecule has 0 amide bonds. The summed E-state index contributed by atoms with van der Waals surface area (Å²) in [6, 6.07) is 1.31. The van der Waals surface area contributed by atoms with E-state index in [-0.39, 0.29) is 17.1 Å². The molecule has 0 unspecified atom stereocenters. The van der Waals surface area contributed by atoms with E-state index in [0.29, 0.717) is 0 Å². The van der Waals surface area contributed by atoms with Crippen LogP contribution < -0.4 is 10.5 Å². The lowest BCUT2D eigenvalue weighted by molar-refractivity contribution is 0.585. The fourth-order valence-corrected chi connectivity index (χ4v) is 1.73. The maximum atomic E-state index is 11.4. The molecule has 3 N–H and O–H groups in total. The molecule has 6 heteroatoms. The lowest BCUT2D eigenvalue weighted by atomic mass is 10.4. The number of nitrogens with one attached hydrogen (secondary N) is 1. The molecule has 0 bridgehead atoms. The van der Waals surface area contributed by atoms with Gasteiger partial charge in [-0.05, 0) is 6.07 Å². The molecule has 0 fully saturated rings. The summed E-state index contributed by atoms with van der Waals surface area (Å²) in [5.74, 6) is 2.17. The maximum Gasteiger partial charge on any atom is 0.243 e. The van der Waals surface area contributed by atoms with E-state index in [2.05, 4.69) is 15.6 Å². The van der Waals surface area contributed by atoms with Crippen LogP contribution in [0.4, 0.5) is 5.69 Å². The van der Waals surface area contributed by atoms with Crippen molar-refractivity contribution in [3.8, 4) is 12.3 Å². The van der Waals surface area contributed by atoms with E-state index >= 15 is 0 Å². The van der Waals surface area contributed by atoms with Crippen molar-refractivity contribution >= 4 is 15.7 Å². The summed E-state index contributed by atoms with van der Waals surface area (Å²) in [4.78, 5) is 3.67. The van der Waals surface area contributed by atoms with Gasteiger partial charge in [0, 0.05) is 12.4 Å². The van der Waals surface area contributed by atoms with E-state index in [1.807, 2.05) is 0 Å². The number of sulfonamides is 1. The zero-order chi connectivity index (χ0) is 10.6. The van der Waals surface area contributed by atoms with Crippen LogP contribution in [0.3, 0.4) is 0 Å². The molecule has 0 radical (unpaired) electrons. The molecule has 5 nitrogen and oxygen atoms in total. The molecule has 14 heavy (non-hydrogen) atoms. The van der Waals surface area contributed by atoms with Crippen molar-refractivity contribution in [2.45, 2.75) is 4.90 Å². The SMILES string of the molecule is C#CCNS(=O)(=O)c1cncc(N)c1. The summed E-state index contributed by atoms with van der Waals surface area (Å²) in [5.41, 5.74) is 5.67. The van der Waals surface area contributed by atoms with Gasteiger partial charge in [0.1, 0.15) is 4.90 Å². The van der Waals surface area contributed by atoms with Gasteiger partial charge >= 0.3 is 0 Å². The first kappa shape index (κ1) is 10.5. The molecule has 1 rings (SSSR count). The number of pyridine rings is 1. The number of nitrogen functional groups attached to an aromatic ring is 1. The third kappa shape index (κ3) is 2.45. The molecular formula is C8H9N3O2S. The smallest absolute Gasteiger partial charge is 0.243 e. The Morgan fingerprint density at radius 3 is 2.86 bits per heavy atom. The van der Waals surface area contributed by atoms with Crippen molar-refractivity contribution in [1.82, 2.24) is 9.71 Å². The highest BCUT2D eigenvalue weighted by atomic mass is 32.2. The minimum absolute atomic E-state index is 0.00718. The summed E-state index contributed by atoms with van der Waals surface area (Å²) in [7, 11) is -3.58. The van der Waals surface area contributed by atoms with Crippen LogP contribution in [0.1, 0.15) is 0 Å². The molecule has 1 aromatic rings. The molecule has 0 spiro atoms. The fraction of sp³-hybridized carbons (Fsp3) is 0.125. The highest BCUT2D eigenvalue weighted by Gasteiger charge is 2.12. The van der Waals surface area contributed by atoms with E-state index in [1.54, 1.807) is 0 Å². The minimum Gasteiger partial charge on any atom is -0.397 e. The van der Waals surface area contributed by atoms with Crippen LogP contribution >= 0.6 is 0 Å². The highest BCUT2D eigenvalue weighted by Crippen LogP contribution is 2.09. The van der Waals surface area contributed by atoms with Gasteiger partial charge in [0.05, 0.1) is 12.2 Å². The van der Waals surface area contributed by atoms with E-state index < -0.39 is 10.0 Å². The third-order valence-electron chi connectivity index (χ3n) is 1.41. The van der Waals surface area contributed by atoms with Gasteiger partial charge < -0.3 is 5.73 Å². The van der Waals surface area contributed by atoms with E-state index in [9.17, 15) is 8.42 Å². The summed E-state index contributed by atoms with van der Waals surface area (Å²) in [5, 5.41) is 0. The van der Waals surface area contributed by atoms with Gasteiger partial charge in [-0.3, -0.25) is 4.98 Å². The lowest BCUT2D eigenvalue weighted by Gasteiger charge is -2.03. The molecule has 0 atom stereocenters. The molecule has 0 saturated carbocycles. The number of terminal acetylenes is 1. The molecule has 74 valence electrons. The average molecular weight is 211 g/mol. The van der Waals surface area contributed by atoms with Crippen LogP contribution in [0.5, 0.6) is 0 Å². The van der Waals surface area contributed by atoms with Crippen LogP contribution in [-0.2, 0) is 10.0 Å². The quantitative estimate of drug-likeness (QED) is 0.665. The van der Waals surface area contributed by atoms with Crippen molar-refractivity contribution in [2.24, 2.45) is 0 Å². The minimum atomic E-state index is -3.58. The van der Waals surface area contributed by atoms with Gasteiger partial charge in [-0.1, -0.05) is 5.92 Å². The zero-order valence-electron chi connectivity index (χ0n) is 7.27. The van der Waals surface area contributed by atoms with Crippen LogP contribution in [0.15, 0.2) is 23.4 Å². The Hall–Kier alpha value is -1.58. The molecule has 0 aliphatic carbocycles. The summed E-state index contributed by atoms with van der Waals surface area (Å²) < 4.78 is 25.1. The Morgan fingerprint density at radius 1 is 1.57 bits per heavy atom. The Bertz CT molecular complexity index is 462. The van der Waals surface area contributed by atoms with Crippen LogP contribution in [0, 0.1) is 12.3 Å². The van der Waals surface area contributed by atoms with Crippen molar-refractivity contribution in [2.75, 3.05) is 12.3 Å². The van der Waals surface area contributed by atoms with Gasteiger partial charge in [0.25, 0.3) is 0 Å². The number of rotatable bonds is 3. The highest BCUT2D eigenvalue weighted by molar-refractivity contribution is 7.89. The van der Waals surface area contributed by atoms with Crippen molar-refractivity contribution < 1.29 is 8.42 Å². The second-order valence-corrected chi connectivity index (χ2v) is 4.25. The fourth-order valence-electron chi connectivity index (χ4n) is 0.803. The van der Waals surface area contributed by atoms with E-state index in [1.165, 1.54) is 18.5 Å². The molecule has 1 aromatic heterocycles. The topological polar surface area (TPSA) is 85.1 Å². The van der Waals surface area contributed by atoms with E-state index in [0.717, 1.165) is 0 Å². The monoisotopic (exact) mass is 211 g/mol. The Balaban J connectivity index is 3.00. The number of hydrogen-bond acceptors (Lipinski definition) is 4. The second kappa shape index (κ2) is 4.09. The summed E-state index contributed by atoms with van der Waals surface area (Å²) in [6.45, 7) is -0.0584. The van der Waals surface area contributed by atoms with Crippen LogP contribution in [-0.4, -0.2) is 19.9 Å². The van der Waals surface area contributed by atoms with Gasteiger partial charge in [-0.15, -0.1) is 6.42 Å². The standard InChI is InChI=1S/C8H9N3O2S/c1-2-3-11-14(12,13)8-4-7(9)5-10-6-8/h1,4-6,11H,3,9H2. The molecule has 1 heterocycles. The second-order valence-electron chi connectivity index (χ2n) is 2.48. The molecule has 0 saturated heterocycles. The van der Waals surface area contributed by atoms with Crippen molar-refractivity contribution in [3.63, 3.8) is 0 Å². The van der Waals surface area contributed by atoms with Crippen molar-refractivity contribution in [3.05, 3.63) is 18.5 Å². The van der Waals surface area contributed by atoms with Crippen LogP contribution in [0.2, 0.25) is 0 Å². The molecule has 0 aliphatic rings. The molecule has 0 aromatic carbocycles. The number of hydrogen-bond donors (Lipinski definition) is 2. The number of nitrogens with zero attached hydrogens (tertiary/aromatic N) is 1. The average Bonchev–Trinajstić information content (AvgIpc) is 2.15. The normalized spacial score (nSPS) is 10.8. The molecule has 0 aliphatic heterocycles. The first-order valence-electron chi connectivity index (χ1n) is 3.70. The Kier molecular flexibility index (Phi) is 3.06. The lowest BCUT2D eigenvalue weighted by Crippen LogP contribution is -2.24. The van der Waals surface area contributed by atoms with Crippen molar-refractivity contribution in [1.29, 1.82) is 0 Å². The predicted octanol–water partition coefficient (Wildman–Crippen LogP) is -0.425. The summed E-state index contributed by atoms with van der Waals surface area (Å²) in [6.07, 6.45) is 7.49. The van der Waals surface area contributed by atoms with Gasteiger partial charge in [-0.2, -0.15) is 4.72 Å². The Labute approximate surface area is 82.4 Å². The van der Waals surface area contributed by atoms with Gasteiger partial charge in [-0.25, -0.2) is 8.42 Å². The predicted molar refractivity (Wildman–Crippen MR) is 52.7 cm³/mol. The largest absolute Gasteiger partial charge is 0.397 e. The zero-order valence-corrected chi connectivity index (χ0v) is 8.08. The van der Waals surface area contributed by atoms with Gasteiger partial charge in [0.2, 0.25) is 10.0 Å². The first-order valence-corrected chi connectivity index (χ1v) is 5.18.